The lowest BCUT2D eigenvalue weighted by Crippen LogP contribution is -2.46. The van der Waals surface area contributed by atoms with Crippen LogP contribution in [0.5, 0.6) is 0 Å². The van der Waals surface area contributed by atoms with E-state index in [2.05, 4.69) is 17.0 Å². The van der Waals surface area contributed by atoms with Crippen molar-refractivity contribution < 1.29 is 14.3 Å². The number of nitrogens with zero attached hydrogens (tertiary/aromatic N) is 4. The molecule has 2 saturated heterocycles. The van der Waals surface area contributed by atoms with Crippen LogP contribution in [0.15, 0.2) is 48.5 Å². The van der Waals surface area contributed by atoms with Crippen molar-refractivity contribution in [2.45, 2.75) is 44.9 Å². The van der Waals surface area contributed by atoms with E-state index >= 15 is 0 Å². The second-order valence-electron chi connectivity index (χ2n) is 10.3. The van der Waals surface area contributed by atoms with Crippen molar-refractivity contribution in [1.29, 1.82) is 0 Å². The van der Waals surface area contributed by atoms with Crippen molar-refractivity contribution in [3.8, 4) is 5.69 Å². The van der Waals surface area contributed by atoms with Gasteiger partial charge in [0.05, 0.1) is 30.2 Å². The van der Waals surface area contributed by atoms with Gasteiger partial charge in [0.1, 0.15) is 5.69 Å². The maximum Gasteiger partial charge on any atom is 0.257 e. The van der Waals surface area contributed by atoms with Crippen LogP contribution in [0, 0.1) is 0 Å². The van der Waals surface area contributed by atoms with Gasteiger partial charge in [-0.15, -0.1) is 0 Å². The topological polar surface area (TPSA) is 59.8 Å². The fourth-order valence-electron chi connectivity index (χ4n) is 5.70. The van der Waals surface area contributed by atoms with E-state index in [4.69, 9.17) is 26.2 Å². The number of rotatable bonds is 9. The zero-order valence-electron chi connectivity index (χ0n) is 22.8. The van der Waals surface area contributed by atoms with Crippen molar-refractivity contribution in [3.63, 3.8) is 0 Å². The van der Waals surface area contributed by atoms with Crippen molar-refractivity contribution in [2.24, 2.45) is 0 Å². The molecule has 2 aliphatic heterocycles. The van der Waals surface area contributed by atoms with Gasteiger partial charge in [0.25, 0.3) is 5.91 Å². The monoisotopic (exact) mass is 548 g/mol. The van der Waals surface area contributed by atoms with Gasteiger partial charge >= 0.3 is 0 Å². The molecule has 5 rings (SSSR count). The molecular weight excluding hydrogens is 512 g/mol. The molecule has 206 valence electrons. The van der Waals surface area contributed by atoms with E-state index in [1.807, 2.05) is 58.1 Å². The Morgan fingerprint density at radius 2 is 1.64 bits per heavy atom. The highest BCUT2D eigenvalue weighted by molar-refractivity contribution is 6.30. The number of likely N-dealkylation sites (tertiary alicyclic amines) is 2. The quantitative estimate of drug-likeness (QED) is 0.322. The van der Waals surface area contributed by atoms with Gasteiger partial charge in [0.2, 0.25) is 0 Å². The van der Waals surface area contributed by atoms with E-state index in [1.54, 1.807) is 14.2 Å². The van der Waals surface area contributed by atoms with Crippen LogP contribution in [0.25, 0.3) is 17.8 Å². The van der Waals surface area contributed by atoms with Crippen LogP contribution >= 0.6 is 11.6 Å². The molecule has 0 aliphatic carbocycles. The number of hydrogen-bond acceptors (Lipinski definition) is 5. The number of carbonyl (C=O) groups is 1. The van der Waals surface area contributed by atoms with E-state index in [9.17, 15) is 4.79 Å². The van der Waals surface area contributed by atoms with E-state index in [0.29, 0.717) is 22.3 Å². The zero-order valence-corrected chi connectivity index (χ0v) is 23.6. The highest BCUT2D eigenvalue weighted by atomic mass is 35.5. The summed E-state index contributed by atoms with van der Waals surface area (Å²) >= 11 is 6.02. The van der Waals surface area contributed by atoms with Gasteiger partial charge in [-0.1, -0.05) is 48.0 Å². The molecule has 2 fully saturated rings. The minimum absolute atomic E-state index is 0.0130. The molecule has 0 bridgehead atoms. The lowest BCUT2D eigenvalue weighted by Gasteiger charge is -2.36. The van der Waals surface area contributed by atoms with Crippen LogP contribution in [0.4, 0.5) is 0 Å². The van der Waals surface area contributed by atoms with Gasteiger partial charge in [-0.25, -0.2) is 4.68 Å². The number of halogens is 1. The molecular formula is C31H37ClN4O3. The van der Waals surface area contributed by atoms with Crippen LogP contribution in [0.3, 0.4) is 0 Å². The molecule has 1 amide bonds. The molecule has 0 atom stereocenters. The molecule has 0 unspecified atom stereocenters. The summed E-state index contributed by atoms with van der Waals surface area (Å²) in [6.45, 7) is 4.42. The largest absolute Gasteiger partial charge is 0.378 e. The third-order valence-electron chi connectivity index (χ3n) is 7.69. The van der Waals surface area contributed by atoms with E-state index in [1.165, 1.54) is 25.9 Å². The van der Waals surface area contributed by atoms with Crippen molar-refractivity contribution in [2.75, 3.05) is 40.4 Å². The Balaban J connectivity index is 1.42. The van der Waals surface area contributed by atoms with E-state index in [0.717, 1.165) is 48.4 Å². The second-order valence-corrected chi connectivity index (χ2v) is 10.7. The summed E-state index contributed by atoms with van der Waals surface area (Å²) in [5.41, 5.74) is 4.93. The van der Waals surface area contributed by atoms with Crippen molar-refractivity contribution >= 4 is 29.7 Å². The van der Waals surface area contributed by atoms with Crippen LogP contribution < -0.4 is 0 Å². The molecule has 8 heteroatoms. The maximum atomic E-state index is 13.9. The van der Waals surface area contributed by atoms with Crippen molar-refractivity contribution in [1.82, 2.24) is 19.6 Å². The number of piperidine rings is 1. The molecule has 7 nitrogen and oxygen atoms in total. The zero-order chi connectivity index (χ0) is 27.2. The molecule has 0 N–H and O–H groups in total. The fraction of sp³-hybridized carbons (Fsp3) is 0.419. The Hall–Kier alpha value is -2.97. The van der Waals surface area contributed by atoms with Gasteiger partial charge in [-0.05, 0) is 74.2 Å². The Bertz CT molecular complexity index is 1290. The Labute approximate surface area is 236 Å². The van der Waals surface area contributed by atoms with Gasteiger partial charge in [0.15, 0.2) is 0 Å². The molecule has 3 heterocycles. The minimum atomic E-state index is 0.0130. The summed E-state index contributed by atoms with van der Waals surface area (Å²) < 4.78 is 12.9. The lowest BCUT2D eigenvalue weighted by atomic mass is 10.0. The Kier molecular flexibility index (Phi) is 9.14. The molecule has 2 aromatic carbocycles. The summed E-state index contributed by atoms with van der Waals surface area (Å²) in [5, 5.41) is 5.58. The third kappa shape index (κ3) is 6.44. The Morgan fingerprint density at radius 1 is 0.949 bits per heavy atom. The van der Waals surface area contributed by atoms with E-state index in [-0.39, 0.29) is 19.1 Å². The average Bonchev–Trinajstić information content (AvgIpc) is 3.62. The van der Waals surface area contributed by atoms with Gasteiger partial charge in [0, 0.05) is 38.4 Å². The number of hydrogen-bond donors (Lipinski definition) is 0. The van der Waals surface area contributed by atoms with Crippen LogP contribution in [-0.2, 0) is 22.7 Å². The van der Waals surface area contributed by atoms with Gasteiger partial charge in [-0.2, -0.15) is 5.10 Å². The van der Waals surface area contributed by atoms with E-state index < -0.39 is 0 Å². The van der Waals surface area contributed by atoms with Gasteiger partial charge < -0.3 is 19.3 Å². The number of ether oxygens (including phenoxy) is 2. The number of amides is 1. The molecule has 0 spiro atoms. The fourth-order valence-corrected chi connectivity index (χ4v) is 5.82. The summed E-state index contributed by atoms with van der Waals surface area (Å²) in [6.07, 6.45) is 8.71. The summed E-state index contributed by atoms with van der Waals surface area (Å²) in [7, 11) is 3.28. The first-order chi connectivity index (χ1) is 19.1. The highest BCUT2D eigenvalue weighted by Crippen LogP contribution is 2.27. The summed E-state index contributed by atoms with van der Waals surface area (Å²) in [4.78, 5) is 18.5. The second kappa shape index (κ2) is 12.9. The molecule has 0 radical (unpaired) electrons. The molecule has 2 aliphatic rings. The molecule has 0 saturated carbocycles. The smallest absolute Gasteiger partial charge is 0.257 e. The highest BCUT2D eigenvalue weighted by Gasteiger charge is 2.32. The molecule has 3 aromatic rings. The predicted molar refractivity (Wildman–Crippen MR) is 155 cm³/mol. The van der Waals surface area contributed by atoms with Gasteiger partial charge in [-0.3, -0.25) is 4.79 Å². The van der Waals surface area contributed by atoms with Crippen LogP contribution in [-0.4, -0.2) is 71.9 Å². The summed E-state index contributed by atoms with van der Waals surface area (Å²) in [5.74, 6) is 0.0130. The summed E-state index contributed by atoms with van der Waals surface area (Å²) in [6, 6.07) is 16.4. The number of methoxy groups -OCH3 is 2. The van der Waals surface area contributed by atoms with Crippen LogP contribution in [0.2, 0.25) is 5.02 Å². The minimum Gasteiger partial charge on any atom is -0.378 e. The Morgan fingerprint density at radius 3 is 2.33 bits per heavy atom. The number of aromatic nitrogens is 2. The standard InChI is InChI=1S/C31H37ClN4O3/c1-38-21-28-30(31(37)35-18-14-26(15-19-35)34-16-3-4-17-34)29(22-39-2)36(33-28)27-7-5-6-24(20-27)9-8-23-10-12-25(32)13-11-23/h5-13,20,26H,3-4,14-19,21-22H2,1-2H3. The average molecular weight is 549 g/mol. The maximum absolute atomic E-state index is 13.9. The lowest BCUT2D eigenvalue weighted by molar-refractivity contribution is 0.0635. The SMILES string of the molecule is COCc1nn(-c2cccc(C=Cc3ccc(Cl)cc3)c2)c(COC)c1C(=O)N1CCC(N2CCCC2)CC1. The first kappa shape index (κ1) is 27.6. The first-order valence-electron chi connectivity index (χ1n) is 13.7. The predicted octanol–water partition coefficient (Wildman–Crippen LogP) is 5.69. The molecule has 39 heavy (non-hydrogen) atoms. The normalized spacial score (nSPS) is 16.9. The number of carbonyl (C=O) groups excluding carboxylic acids is 1. The first-order valence-corrected chi connectivity index (χ1v) is 14.1. The molecule has 1 aromatic heterocycles. The third-order valence-corrected chi connectivity index (χ3v) is 7.94. The van der Waals surface area contributed by atoms with Crippen LogP contribution in [0.1, 0.15) is 58.6 Å². The van der Waals surface area contributed by atoms with Crippen molar-refractivity contribution in [3.05, 3.63) is 81.6 Å². The number of benzene rings is 2.